The van der Waals surface area contributed by atoms with E-state index >= 15 is 0 Å². The minimum Gasteiger partial charge on any atom is -0.486 e. The summed E-state index contributed by atoms with van der Waals surface area (Å²) in [6.07, 6.45) is 4.20. The van der Waals surface area contributed by atoms with E-state index in [-0.39, 0.29) is 65.3 Å². The third-order valence-electron chi connectivity index (χ3n) is 7.97. The van der Waals surface area contributed by atoms with Gasteiger partial charge in [-0.2, -0.15) is 0 Å². The summed E-state index contributed by atoms with van der Waals surface area (Å²) >= 11 is 0. The van der Waals surface area contributed by atoms with Gasteiger partial charge in [0, 0.05) is 24.2 Å². The van der Waals surface area contributed by atoms with Gasteiger partial charge >= 0.3 is 11.9 Å². The Morgan fingerprint density at radius 2 is 1.69 bits per heavy atom. The van der Waals surface area contributed by atoms with Crippen molar-refractivity contribution in [1.82, 2.24) is 0 Å². The molecule has 0 radical (unpaired) electrons. The molecule has 6 unspecified atom stereocenters. The molecule has 0 amide bonds. The molecule has 2 aromatic carbocycles. The molecule has 6 rings (SSSR count). The average Bonchev–Trinajstić information content (AvgIpc) is 3.51. The zero-order valence-electron chi connectivity index (χ0n) is 20.6. The van der Waals surface area contributed by atoms with Gasteiger partial charge in [-0.3, -0.25) is 4.79 Å². The number of esters is 2. The van der Waals surface area contributed by atoms with Crippen LogP contribution in [-0.4, -0.2) is 30.8 Å². The largest absolute Gasteiger partial charge is 0.486 e. The zero-order valence-corrected chi connectivity index (χ0v) is 21.4. The number of benzene rings is 2. The Morgan fingerprint density at radius 1 is 1.03 bits per heavy atom. The average molecular weight is 504 g/mol. The molecule has 0 N–H and O–H groups in total. The normalized spacial score (nSPS) is 30.4. The number of hydrogen-bond donors (Lipinski definition) is 0. The van der Waals surface area contributed by atoms with Gasteiger partial charge in [-0.1, -0.05) is 43.3 Å². The lowest BCUT2D eigenvalue weighted by molar-refractivity contribution is -0.165. The van der Waals surface area contributed by atoms with Crippen molar-refractivity contribution < 1.29 is 23.8 Å². The topological polar surface area (TPSA) is 61.8 Å². The summed E-state index contributed by atoms with van der Waals surface area (Å²) in [7, 11) is -0.177. The van der Waals surface area contributed by atoms with Crippen LogP contribution in [0, 0.1) is 23.7 Å². The third-order valence-corrected chi connectivity index (χ3v) is 10.3. The monoisotopic (exact) mass is 503 g/mol. The molecule has 2 aromatic rings. The van der Waals surface area contributed by atoms with E-state index in [9.17, 15) is 9.59 Å². The van der Waals surface area contributed by atoms with Gasteiger partial charge in [0.15, 0.2) is 16.4 Å². The van der Waals surface area contributed by atoms with E-state index in [1.807, 2.05) is 0 Å². The van der Waals surface area contributed by atoms with Crippen LogP contribution in [0.1, 0.15) is 33.1 Å². The number of fused-ring (bicyclic) bond motifs is 1. The summed E-state index contributed by atoms with van der Waals surface area (Å²) in [6.45, 7) is 4.09. The molecule has 3 aliphatic carbocycles. The van der Waals surface area contributed by atoms with Gasteiger partial charge in [-0.05, 0) is 55.7 Å². The van der Waals surface area contributed by atoms with Gasteiger partial charge in [-0.25, -0.2) is 4.79 Å². The summed E-state index contributed by atoms with van der Waals surface area (Å²) in [6, 6.07) is 21.3. The molecule has 1 aliphatic heterocycles. The van der Waals surface area contributed by atoms with Gasteiger partial charge in [0.05, 0.1) is 16.8 Å². The van der Waals surface area contributed by atoms with Crippen LogP contribution in [0.25, 0.3) is 0 Å². The van der Waals surface area contributed by atoms with Crippen LogP contribution >= 0.6 is 0 Å². The fourth-order valence-electron chi connectivity index (χ4n) is 6.49. The number of hydrogen-bond acceptors (Lipinski definition) is 5. The highest BCUT2D eigenvalue weighted by atomic mass is 32.2. The van der Waals surface area contributed by atoms with Crippen LogP contribution in [-0.2, 0) is 34.7 Å². The Bertz CT molecular complexity index is 1180. The maximum Gasteiger partial charge on any atom is 0.344 e. The van der Waals surface area contributed by atoms with Crippen LogP contribution < -0.4 is 0 Å². The number of allylic oxidation sites excluding steroid dienone is 4. The molecule has 4 aliphatic rings. The van der Waals surface area contributed by atoms with Crippen molar-refractivity contribution in [1.29, 1.82) is 0 Å². The Kier molecular flexibility index (Phi) is 6.16. The lowest BCUT2D eigenvalue weighted by Crippen LogP contribution is -2.37. The Hall–Kier alpha value is -2.99. The first-order chi connectivity index (χ1) is 17.5. The van der Waals surface area contributed by atoms with E-state index in [4.69, 9.17) is 14.2 Å². The van der Waals surface area contributed by atoms with Gasteiger partial charge in [0.25, 0.3) is 0 Å². The smallest absolute Gasteiger partial charge is 0.344 e. The first-order valence-corrected chi connectivity index (χ1v) is 14.0. The lowest BCUT2D eigenvalue weighted by atomic mass is 9.88. The number of rotatable bonds is 7. The molecular formula is C30H31O5S+. The summed E-state index contributed by atoms with van der Waals surface area (Å²) in [5.41, 5.74) is 1.05. The lowest BCUT2D eigenvalue weighted by Gasteiger charge is -2.26. The Balaban J connectivity index is 1.16. The number of carbonyl (C=O) groups is 2. The van der Waals surface area contributed by atoms with Gasteiger partial charge in [0.2, 0.25) is 0 Å². The second-order valence-electron chi connectivity index (χ2n) is 10.3. The van der Waals surface area contributed by atoms with E-state index in [1.54, 1.807) is 0 Å². The minimum absolute atomic E-state index is 0.0133. The van der Waals surface area contributed by atoms with Crippen molar-refractivity contribution in [3.8, 4) is 0 Å². The van der Waals surface area contributed by atoms with Crippen molar-refractivity contribution in [3.05, 3.63) is 83.0 Å². The summed E-state index contributed by atoms with van der Waals surface area (Å²) in [4.78, 5) is 28.6. The van der Waals surface area contributed by atoms with Crippen molar-refractivity contribution in [2.75, 3.05) is 6.61 Å². The maximum atomic E-state index is 12.7. The first kappa shape index (κ1) is 23.4. The number of ether oxygens (including phenoxy) is 3. The molecule has 3 fully saturated rings. The van der Waals surface area contributed by atoms with Crippen molar-refractivity contribution in [3.63, 3.8) is 0 Å². The molecule has 36 heavy (non-hydrogen) atoms. The first-order valence-electron chi connectivity index (χ1n) is 12.8. The zero-order chi connectivity index (χ0) is 24.8. The van der Waals surface area contributed by atoms with Crippen LogP contribution in [0.2, 0.25) is 0 Å². The second-order valence-corrected chi connectivity index (χ2v) is 12.4. The third kappa shape index (κ3) is 4.15. The highest BCUT2D eigenvalue weighted by Crippen LogP contribution is 2.55. The fourth-order valence-corrected chi connectivity index (χ4v) is 8.94. The van der Waals surface area contributed by atoms with Gasteiger partial charge in [-0.15, -0.1) is 0 Å². The molecule has 2 saturated carbocycles. The molecule has 2 bridgehead atoms. The molecular weight excluding hydrogens is 472 g/mol. The molecule has 186 valence electrons. The SMILES string of the molecule is CC1=C(OCC(=O)OC2C3CC4C(=O)OC2C4C3)C(C)CC([S+](c2ccccc2)c2ccccc2)=C1. The quantitative estimate of drug-likeness (QED) is 0.372. The van der Waals surface area contributed by atoms with Crippen molar-refractivity contribution >= 4 is 22.8 Å². The van der Waals surface area contributed by atoms with E-state index in [1.165, 1.54) is 14.7 Å². The van der Waals surface area contributed by atoms with Crippen LogP contribution in [0.3, 0.4) is 0 Å². The number of carbonyl (C=O) groups excluding carboxylic acids is 2. The predicted molar refractivity (Wildman–Crippen MR) is 137 cm³/mol. The Morgan fingerprint density at radius 3 is 2.33 bits per heavy atom. The van der Waals surface area contributed by atoms with Gasteiger partial charge in [0.1, 0.15) is 22.9 Å². The van der Waals surface area contributed by atoms with Crippen molar-refractivity contribution in [2.24, 2.45) is 23.7 Å². The van der Waals surface area contributed by atoms with Crippen LogP contribution in [0.5, 0.6) is 0 Å². The highest BCUT2D eigenvalue weighted by Gasteiger charge is 2.63. The molecule has 0 spiro atoms. The molecule has 1 heterocycles. The van der Waals surface area contributed by atoms with E-state index in [0.29, 0.717) is 0 Å². The minimum atomic E-state index is -0.386. The highest BCUT2D eigenvalue weighted by molar-refractivity contribution is 8.00. The fraction of sp³-hybridized carbons (Fsp3) is 0.400. The summed E-state index contributed by atoms with van der Waals surface area (Å²) in [5.74, 6) is 0.958. The Labute approximate surface area is 214 Å². The molecule has 5 nitrogen and oxygen atoms in total. The van der Waals surface area contributed by atoms with Crippen LogP contribution in [0.15, 0.2) is 92.8 Å². The summed E-state index contributed by atoms with van der Waals surface area (Å²) < 4.78 is 17.4. The molecule has 0 aromatic heterocycles. The molecule has 6 heteroatoms. The molecule has 6 atom stereocenters. The summed E-state index contributed by atoms with van der Waals surface area (Å²) in [5, 5.41) is 0. The second kappa shape index (κ2) is 9.47. The van der Waals surface area contributed by atoms with E-state index in [0.717, 1.165) is 30.6 Å². The van der Waals surface area contributed by atoms with Crippen LogP contribution in [0.4, 0.5) is 0 Å². The van der Waals surface area contributed by atoms with E-state index < -0.39 is 0 Å². The standard InChI is InChI=1S/C30H31O5S/c1-18-13-23(36(21-9-5-3-6-10-21)22-11-7-4-8-12-22)14-19(2)27(18)33-17-26(31)34-28-20-15-24-25(16-20)30(32)35-29(24)28/h3-13,19-20,24-25,28-29H,14-17H2,1-2H3/q+1. The van der Waals surface area contributed by atoms with E-state index in [2.05, 4.69) is 80.6 Å². The van der Waals surface area contributed by atoms with Crippen molar-refractivity contribution in [2.45, 2.75) is 55.1 Å². The maximum absolute atomic E-state index is 12.7. The molecule has 1 saturated heterocycles. The predicted octanol–water partition coefficient (Wildman–Crippen LogP) is 5.43. The van der Waals surface area contributed by atoms with Gasteiger partial charge < -0.3 is 14.2 Å².